The molecule has 8 nitrogen and oxygen atoms in total. The van der Waals surface area contributed by atoms with E-state index < -0.39 is 23.3 Å². The van der Waals surface area contributed by atoms with E-state index in [9.17, 15) is 14.7 Å². The van der Waals surface area contributed by atoms with Gasteiger partial charge in [-0.25, -0.2) is 9.59 Å². The molecular weight excluding hydrogens is 242 g/mol. The fourth-order valence-corrected chi connectivity index (χ4v) is 1.21. The van der Waals surface area contributed by atoms with Crippen molar-refractivity contribution >= 4 is 11.9 Å². The van der Waals surface area contributed by atoms with E-state index in [0.29, 0.717) is 0 Å². The van der Waals surface area contributed by atoms with Gasteiger partial charge in [-0.2, -0.15) is 5.21 Å². The van der Waals surface area contributed by atoms with Crippen molar-refractivity contribution in [3.05, 3.63) is 35.7 Å². The third kappa shape index (κ3) is 2.12. The minimum Gasteiger partial charge on any atom is -0.504 e. The largest absolute Gasteiger partial charge is 0.504 e. The summed E-state index contributed by atoms with van der Waals surface area (Å²) in [5.74, 6) is -2.77. The van der Waals surface area contributed by atoms with E-state index in [1.165, 1.54) is 12.1 Å². The van der Waals surface area contributed by atoms with Crippen LogP contribution in [0.4, 0.5) is 0 Å². The number of rotatable bonds is 3. The zero-order valence-corrected chi connectivity index (χ0v) is 8.82. The monoisotopic (exact) mass is 249 g/mol. The number of nitrogens with zero attached hydrogens (tertiary/aromatic N) is 2. The van der Waals surface area contributed by atoms with E-state index in [4.69, 9.17) is 9.84 Å². The number of carboxylic acids is 1. The van der Waals surface area contributed by atoms with Crippen LogP contribution < -0.4 is 4.74 Å². The summed E-state index contributed by atoms with van der Waals surface area (Å²) >= 11 is 0. The standard InChI is InChI=1S/C10H7N3O5/c14-5-3-1-2-4-6(5)18-10(17)8-7(9(15)16)11-13-12-8/h1-4,14H,(H,15,16)(H,11,12,13). The van der Waals surface area contributed by atoms with E-state index in [-0.39, 0.29) is 11.5 Å². The van der Waals surface area contributed by atoms with Crippen LogP contribution in [0.3, 0.4) is 0 Å². The maximum atomic E-state index is 11.6. The average molecular weight is 249 g/mol. The highest BCUT2D eigenvalue weighted by Gasteiger charge is 2.24. The summed E-state index contributed by atoms with van der Waals surface area (Å²) in [4.78, 5) is 22.4. The first-order chi connectivity index (χ1) is 8.59. The number of hydrogen-bond donors (Lipinski definition) is 3. The van der Waals surface area contributed by atoms with Crippen molar-refractivity contribution in [1.82, 2.24) is 15.4 Å². The molecule has 0 fully saturated rings. The molecule has 0 radical (unpaired) electrons. The molecule has 0 amide bonds. The van der Waals surface area contributed by atoms with Crippen LogP contribution in [0, 0.1) is 0 Å². The number of para-hydroxylation sites is 2. The molecule has 1 aromatic heterocycles. The van der Waals surface area contributed by atoms with Gasteiger partial charge in [-0.3, -0.25) is 0 Å². The summed E-state index contributed by atoms with van der Waals surface area (Å²) < 4.78 is 4.81. The second kappa shape index (κ2) is 4.53. The Labute approximate surface area is 99.8 Å². The van der Waals surface area contributed by atoms with Gasteiger partial charge in [0.2, 0.25) is 11.4 Å². The molecule has 2 aromatic rings. The third-order valence-electron chi connectivity index (χ3n) is 2.01. The maximum Gasteiger partial charge on any atom is 0.367 e. The van der Waals surface area contributed by atoms with Crippen molar-refractivity contribution in [2.24, 2.45) is 0 Å². The molecular formula is C10H7N3O5. The van der Waals surface area contributed by atoms with Gasteiger partial charge in [-0.15, -0.1) is 10.2 Å². The number of carbonyl (C=O) groups is 2. The number of ether oxygens (including phenoxy) is 1. The summed E-state index contributed by atoms with van der Waals surface area (Å²) in [5.41, 5.74) is -1.01. The van der Waals surface area contributed by atoms with Crippen LogP contribution in [0.15, 0.2) is 24.3 Å². The highest BCUT2D eigenvalue weighted by Crippen LogP contribution is 2.25. The molecule has 0 unspecified atom stereocenters. The molecule has 3 N–H and O–H groups in total. The Hall–Kier alpha value is -2.90. The number of hydrogen-bond acceptors (Lipinski definition) is 6. The molecule has 0 saturated carbocycles. The number of aromatic hydroxyl groups is 1. The SMILES string of the molecule is O=C(O)c1n[nH]nc1C(=O)Oc1ccccc1O. The van der Waals surface area contributed by atoms with Crippen molar-refractivity contribution in [1.29, 1.82) is 0 Å². The van der Waals surface area contributed by atoms with Gasteiger partial charge in [-0.1, -0.05) is 12.1 Å². The minimum atomic E-state index is -1.41. The Morgan fingerprint density at radius 3 is 2.50 bits per heavy atom. The first-order valence-corrected chi connectivity index (χ1v) is 4.74. The van der Waals surface area contributed by atoms with Gasteiger partial charge < -0.3 is 14.9 Å². The number of aromatic nitrogens is 3. The number of H-pyrrole nitrogens is 1. The Bertz CT molecular complexity index is 607. The Balaban J connectivity index is 2.25. The molecule has 0 spiro atoms. The molecule has 0 aliphatic heterocycles. The molecule has 0 atom stereocenters. The topological polar surface area (TPSA) is 125 Å². The van der Waals surface area contributed by atoms with Gasteiger partial charge in [0.15, 0.2) is 11.5 Å². The number of nitrogens with one attached hydrogen (secondary N) is 1. The van der Waals surface area contributed by atoms with E-state index in [2.05, 4.69) is 10.2 Å². The lowest BCUT2D eigenvalue weighted by atomic mass is 10.3. The number of aromatic carboxylic acids is 1. The second-order valence-electron chi connectivity index (χ2n) is 3.18. The van der Waals surface area contributed by atoms with Gasteiger partial charge in [0, 0.05) is 0 Å². The van der Waals surface area contributed by atoms with Crippen molar-refractivity contribution in [2.45, 2.75) is 0 Å². The lowest BCUT2D eigenvalue weighted by Crippen LogP contribution is -2.14. The van der Waals surface area contributed by atoms with Crippen LogP contribution >= 0.6 is 0 Å². The fourth-order valence-electron chi connectivity index (χ4n) is 1.21. The fraction of sp³-hybridized carbons (Fsp3) is 0. The van der Waals surface area contributed by atoms with Crippen molar-refractivity contribution < 1.29 is 24.5 Å². The Kier molecular flexibility index (Phi) is 2.92. The molecule has 0 saturated heterocycles. The smallest absolute Gasteiger partial charge is 0.367 e. The van der Waals surface area contributed by atoms with Gasteiger partial charge in [0.05, 0.1) is 0 Å². The van der Waals surface area contributed by atoms with Crippen LogP contribution in [0.5, 0.6) is 11.5 Å². The van der Waals surface area contributed by atoms with E-state index in [1.807, 2.05) is 5.21 Å². The zero-order chi connectivity index (χ0) is 13.1. The summed E-state index contributed by atoms with van der Waals surface area (Å²) in [6.45, 7) is 0. The molecule has 1 aromatic carbocycles. The average Bonchev–Trinajstić information content (AvgIpc) is 2.81. The van der Waals surface area contributed by atoms with Crippen molar-refractivity contribution in [3.8, 4) is 11.5 Å². The van der Waals surface area contributed by atoms with Crippen LogP contribution in [-0.2, 0) is 0 Å². The van der Waals surface area contributed by atoms with E-state index >= 15 is 0 Å². The third-order valence-corrected chi connectivity index (χ3v) is 2.01. The molecule has 8 heteroatoms. The molecule has 92 valence electrons. The first kappa shape index (κ1) is 11.6. The number of esters is 1. The van der Waals surface area contributed by atoms with Crippen molar-refractivity contribution in [2.75, 3.05) is 0 Å². The summed E-state index contributed by atoms with van der Waals surface area (Å²) in [6, 6.07) is 5.77. The lowest BCUT2D eigenvalue weighted by Gasteiger charge is -2.03. The molecule has 2 rings (SSSR count). The van der Waals surface area contributed by atoms with Gasteiger partial charge in [0.25, 0.3) is 0 Å². The second-order valence-corrected chi connectivity index (χ2v) is 3.18. The lowest BCUT2D eigenvalue weighted by molar-refractivity contribution is 0.0660. The van der Waals surface area contributed by atoms with Gasteiger partial charge in [0.1, 0.15) is 0 Å². The predicted octanol–water partition coefficient (Wildman–Crippen LogP) is 0.428. The molecule has 1 heterocycles. The number of phenols is 1. The molecule has 18 heavy (non-hydrogen) atoms. The summed E-state index contributed by atoms with van der Waals surface area (Å²) in [5, 5.41) is 26.9. The first-order valence-electron chi connectivity index (χ1n) is 4.74. The highest BCUT2D eigenvalue weighted by molar-refractivity contribution is 6.00. The zero-order valence-electron chi connectivity index (χ0n) is 8.82. The van der Waals surface area contributed by atoms with Crippen LogP contribution in [0.2, 0.25) is 0 Å². The molecule has 0 bridgehead atoms. The van der Waals surface area contributed by atoms with Gasteiger partial charge in [-0.05, 0) is 12.1 Å². The number of phenolic OH excluding ortho intramolecular Hbond substituents is 1. The molecule has 0 aliphatic rings. The van der Waals surface area contributed by atoms with Gasteiger partial charge >= 0.3 is 11.9 Å². The number of carboxylic acid groups (broad SMARTS) is 1. The normalized spacial score (nSPS) is 10.0. The summed E-state index contributed by atoms with van der Waals surface area (Å²) in [7, 11) is 0. The van der Waals surface area contributed by atoms with E-state index in [1.54, 1.807) is 12.1 Å². The maximum absolute atomic E-state index is 11.6. The number of benzene rings is 1. The Morgan fingerprint density at radius 1 is 1.17 bits per heavy atom. The summed E-state index contributed by atoms with van der Waals surface area (Å²) in [6.07, 6.45) is 0. The predicted molar refractivity (Wildman–Crippen MR) is 56.4 cm³/mol. The number of aromatic amines is 1. The highest BCUT2D eigenvalue weighted by atomic mass is 16.5. The van der Waals surface area contributed by atoms with E-state index in [0.717, 1.165) is 0 Å². The quantitative estimate of drug-likeness (QED) is 0.531. The number of carbonyl (C=O) groups excluding carboxylic acids is 1. The van der Waals surface area contributed by atoms with Crippen LogP contribution in [0.25, 0.3) is 0 Å². The van der Waals surface area contributed by atoms with Crippen LogP contribution in [-0.4, -0.2) is 37.6 Å². The van der Waals surface area contributed by atoms with Crippen LogP contribution in [0.1, 0.15) is 21.0 Å². The molecule has 0 aliphatic carbocycles. The minimum absolute atomic E-state index is 0.0955. The Morgan fingerprint density at radius 2 is 1.83 bits per heavy atom. The van der Waals surface area contributed by atoms with Crippen molar-refractivity contribution in [3.63, 3.8) is 0 Å².